The van der Waals surface area contributed by atoms with Gasteiger partial charge in [0.15, 0.2) is 0 Å². The van der Waals surface area contributed by atoms with E-state index in [9.17, 15) is 8.42 Å². The lowest BCUT2D eigenvalue weighted by Crippen LogP contribution is -2.44. The molecule has 6 heteroatoms. The van der Waals surface area contributed by atoms with Crippen LogP contribution in [-0.2, 0) is 10.2 Å². The first-order chi connectivity index (χ1) is 8.39. The van der Waals surface area contributed by atoms with Crippen LogP contribution in [0.4, 0.5) is 0 Å². The van der Waals surface area contributed by atoms with Crippen molar-refractivity contribution < 1.29 is 8.42 Å². The zero-order valence-corrected chi connectivity index (χ0v) is 12.6. The molecule has 0 aliphatic heterocycles. The highest BCUT2D eigenvalue weighted by molar-refractivity contribution is 7.86. The van der Waals surface area contributed by atoms with Crippen LogP contribution in [0.15, 0.2) is 0 Å². The monoisotopic (exact) mass is 277 g/mol. The summed E-state index contributed by atoms with van der Waals surface area (Å²) >= 11 is 0. The van der Waals surface area contributed by atoms with Crippen LogP contribution in [0, 0.1) is 5.92 Å². The summed E-state index contributed by atoms with van der Waals surface area (Å²) in [7, 11) is -1.65. The first kappa shape index (κ1) is 15.9. The van der Waals surface area contributed by atoms with Gasteiger partial charge in [-0.05, 0) is 38.1 Å². The summed E-state index contributed by atoms with van der Waals surface area (Å²) in [6, 6.07) is 0.231. The molecule has 1 aliphatic rings. The average Bonchev–Trinajstić information content (AvgIpc) is 3.09. The Morgan fingerprint density at radius 3 is 2.33 bits per heavy atom. The molecule has 0 aromatic carbocycles. The van der Waals surface area contributed by atoms with Crippen LogP contribution >= 0.6 is 0 Å². The molecule has 0 unspecified atom stereocenters. The molecule has 18 heavy (non-hydrogen) atoms. The largest absolute Gasteiger partial charge is 0.330 e. The molecule has 0 heterocycles. The van der Waals surface area contributed by atoms with E-state index < -0.39 is 10.2 Å². The van der Waals surface area contributed by atoms with Gasteiger partial charge in [-0.3, -0.25) is 0 Å². The van der Waals surface area contributed by atoms with Gasteiger partial charge in [-0.1, -0.05) is 13.8 Å². The van der Waals surface area contributed by atoms with E-state index in [2.05, 4.69) is 13.8 Å². The van der Waals surface area contributed by atoms with Crippen molar-refractivity contribution in [2.24, 2.45) is 11.7 Å². The second-order valence-electron chi connectivity index (χ2n) is 5.50. The van der Waals surface area contributed by atoms with Gasteiger partial charge >= 0.3 is 0 Å². The fourth-order valence-corrected chi connectivity index (χ4v) is 3.48. The zero-order chi connectivity index (χ0) is 13.8. The molecular weight excluding hydrogens is 250 g/mol. The first-order valence-corrected chi connectivity index (χ1v) is 8.22. The second kappa shape index (κ2) is 6.84. The summed E-state index contributed by atoms with van der Waals surface area (Å²) in [6.45, 7) is 5.91. The molecule has 0 radical (unpaired) electrons. The van der Waals surface area contributed by atoms with Gasteiger partial charge < -0.3 is 5.73 Å². The van der Waals surface area contributed by atoms with E-state index in [0.717, 1.165) is 19.3 Å². The summed E-state index contributed by atoms with van der Waals surface area (Å²) < 4.78 is 28.0. The van der Waals surface area contributed by atoms with Gasteiger partial charge in [-0.2, -0.15) is 17.0 Å². The smallest absolute Gasteiger partial charge is 0.281 e. The minimum atomic E-state index is -3.29. The molecule has 0 amide bonds. The van der Waals surface area contributed by atoms with Crippen molar-refractivity contribution in [2.75, 3.05) is 26.7 Å². The van der Waals surface area contributed by atoms with Gasteiger partial charge in [0.25, 0.3) is 10.2 Å². The fraction of sp³-hybridized carbons (Fsp3) is 1.00. The maximum atomic E-state index is 12.4. The van der Waals surface area contributed by atoms with Gasteiger partial charge in [0.05, 0.1) is 0 Å². The van der Waals surface area contributed by atoms with Crippen LogP contribution in [0.5, 0.6) is 0 Å². The Morgan fingerprint density at radius 2 is 1.89 bits per heavy atom. The normalized spacial score (nSPS) is 17.1. The standard InChI is InChI=1S/C12H27N3O2S/c1-11(2)7-10-15(12-5-6-12)18(16,17)14(3)9-4-8-13/h11-12H,4-10,13H2,1-3H3. The minimum Gasteiger partial charge on any atom is -0.330 e. The maximum Gasteiger partial charge on any atom is 0.281 e. The van der Waals surface area contributed by atoms with Gasteiger partial charge in [0, 0.05) is 26.2 Å². The highest BCUT2D eigenvalue weighted by atomic mass is 32.2. The number of hydrogen-bond acceptors (Lipinski definition) is 3. The Morgan fingerprint density at radius 1 is 1.28 bits per heavy atom. The quantitative estimate of drug-likeness (QED) is 0.684. The van der Waals surface area contributed by atoms with Gasteiger partial charge in [-0.15, -0.1) is 0 Å². The predicted molar refractivity (Wildman–Crippen MR) is 74.4 cm³/mol. The van der Waals surface area contributed by atoms with E-state index in [-0.39, 0.29) is 6.04 Å². The highest BCUT2D eigenvalue weighted by Crippen LogP contribution is 2.30. The van der Waals surface area contributed by atoms with Crippen molar-refractivity contribution in [3.63, 3.8) is 0 Å². The lowest BCUT2D eigenvalue weighted by atomic mass is 10.1. The molecule has 1 rings (SSSR count). The van der Waals surface area contributed by atoms with E-state index in [0.29, 0.717) is 32.0 Å². The molecule has 1 saturated carbocycles. The van der Waals surface area contributed by atoms with E-state index in [1.807, 2.05) is 0 Å². The van der Waals surface area contributed by atoms with E-state index in [1.165, 1.54) is 4.31 Å². The Balaban J connectivity index is 2.64. The van der Waals surface area contributed by atoms with Crippen LogP contribution in [0.25, 0.3) is 0 Å². The molecule has 0 saturated heterocycles. The van der Waals surface area contributed by atoms with Gasteiger partial charge in [0.2, 0.25) is 0 Å². The summed E-state index contributed by atoms with van der Waals surface area (Å²) in [5.41, 5.74) is 5.43. The molecule has 0 spiro atoms. The predicted octanol–water partition coefficient (Wildman–Crippen LogP) is 1.02. The van der Waals surface area contributed by atoms with Crippen LogP contribution in [-0.4, -0.2) is 49.8 Å². The van der Waals surface area contributed by atoms with Gasteiger partial charge in [-0.25, -0.2) is 0 Å². The first-order valence-electron chi connectivity index (χ1n) is 6.82. The van der Waals surface area contributed by atoms with E-state index in [4.69, 9.17) is 5.73 Å². The molecular formula is C12H27N3O2S. The summed E-state index contributed by atoms with van der Waals surface area (Å²) in [5.74, 6) is 0.524. The molecule has 0 aromatic rings. The minimum absolute atomic E-state index is 0.231. The van der Waals surface area contributed by atoms with E-state index in [1.54, 1.807) is 11.4 Å². The molecule has 1 fully saturated rings. The summed E-state index contributed by atoms with van der Waals surface area (Å²) in [5, 5.41) is 0. The van der Waals surface area contributed by atoms with Crippen molar-refractivity contribution in [3.8, 4) is 0 Å². The van der Waals surface area contributed by atoms with E-state index >= 15 is 0 Å². The Kier molecular flexibility index (Phi) is 6.04. The van der Waals surface area contributed by atoms with Crippen LogP contribution < -0.4 is 5.73 Å². The molecule has 0 aromatic heterocycles. The Hall–Kier alpha value is -0.170. The van der Waals surface area contributed by atoms with Crippen LogP contribution in [0.3, 0.4) is 0 Å². The fourth-order valence-electron chi connectivity index (χ4n) is 1.84. The Labute approximate surface area is 112 Å². The number of hydrogen-bond donors (Lipinski definition) is 1. The second-order valence-corrected chi connectivity index (χ2v) is 7.48. The molecule has 2 N–H and O–H groups in total. The average molecular weight is 277 g/mol. The van der Waals surface area contributed by atoms with Crippen molar-refractivity contribution >= 4 is 10.2 Å². The number of nitrogens with two attached hydrogens (primary N) is 1. The van der Waals surface area contributed by atoms with Crippen LogP contribution in [0.1, 0.15) is 39.5 Å². The molecule has 0 atom stereocenters. The number of rotatable bonds is 9. The third-order valence-corrected chi connectivity index (χ3v) is 5.29. The van der Waals surface area contributed by atoms with Gasteiger partial charge in [0.1, 0.15) is 0 Å². The van der Waals surface area contributed by atoms with Crippen molar-refractivity contribution in [1.82, 2.24) is 8.61 Å². The summed E-state index contributed by atoms with van der Waals surface area (Å²) in [6.07, 6.45) is 3.63. The van der Waals surface area contributed by atoms with Crippen LogP contribution in [0.2, 0.25) is 0 Å². The molecule has 108 valence electrons. The van der Waals surface area contributed by atoms with Crippen molar-refractivity contribution in [3.05, 3.63) is 0 Å². The molecule has 1 aliphatic carbocycles. The number of nitrogens with zero attached hydrogens (tertiary/aromatic N) is 2. The molecule has 5 nitrogen and oxygen atoms in total. The lowest BCUT2D eigenvalue weighted by Gasteiger charge is -2.28. The van der Waals surface area contributed by atoms with Crippen molar-refractivity contribution in [1.29, 1.82) is 0 Å². The molecule has 0 bridgehead atoms. The third kappa shape index (κ3) is 4.50. The zero-order valence-electron chi connectivity index (χ0n) is 11.8. The maximum absolute atomic E-state index is 12.4. The topological polar surface area (TPSA) is 66.6 Å². The SMILES string of the molecule is CC(C)CCN(C1CC1)S(=O)(=O)N(C)CCCN. The lowest BCUT2D eigenvalue weighted by molar-refractivity contribution is 0.334. The summed E-state index contributed by atoms with van der Waals surface area (Å²) in [4.78, 5) is 0. The Bertz CT molecular complexity index is 339. The van der Waals surface area contributed by atoms with Crippen molar-refractivity contribution in [2.45, 2.75) is 45.6 Å². The highest BCUT2D eigenvalue weighted by Gasteiger charge is 2.38. The third-order valence-electron chi connectivity index (χ3n) is 3.25.